The summed E-state index contributed by atoms with van der Waals surface area (Å²) in [5.41, 5.74) is 1.87. The highest BCUT2D eigenvalue weighted by Gasteiger charge is 2.14. The van der Waals surface area contributed by atoms with E-state index in [2.05, 4.69) is 4.98 Å². The van der Waals surface area contributed by atoms with Crippen molar-refractivity contribution in [2.24, 2.45) is 7.05 Å². The van der Waals surface area contributed by atoms with Gasteiger partial charge < -0.3 is 19.1 Å². The molecular formula is C14H16N2O3. The Kier molecular flexibility index (Phi) is 3.13. The van der Waals surface area contributed by atoms with Crippen LogP contribution in [0.2, 0.25) is 0 Å². The second-order valence-corrected chi connectivity index (χ2v) is 4.49. The first-order valence-electron chi connectivity index (χ1n) is 6.31. The number of ether oxygens (including phenoxy) is 2. The maximum Gasteiger partial charge on any atom is 0.162 e. The molecule has 0 radical (unpaired) electrons. The van der Waals surface area contributed by atoms with E-state index in [0.717, 1.165) is 28.6 Å². The molecule has 5 heteroatoms. The minimum Gasteiger partial charge on any atom is -0.486 e. The molecule has 0 saturated heterocycles. The van der Waals surface area contributed by atoms with Crippen molar-refractivity contribution in [2.75, 3.05) is 19.8 Å². The van der Waals surface area contributed by atoms with Crippen LogP contribution in [0.1, 0.15) is 5.82 Å². The van der Waals surface area contributed by atoms with Crippen molar-refractivity contribution in [2.45, 2.75) is 6.42 Å². The van der Waals surface area contributed by atoms with E-state index in [4.69, 9.17) is 14.6 Å². The summed E-state index contributed by atoms with van der Waals surface area (Å²) in [6.45, 7) is 1.27. The lowest BCUT2D eigenvalue weighted by atomic mass is 10.1. The molecule has 1 aromatic carbocycles. The summed E-state index contributed by atoms with van der Waals surface area (Å²) in [5, 5.41) is 8.99. The number of aromatic nitrogens is 2. The fourth-order valence-corrected chi connectivity index (χ4v) is 2.18. The fourth-order valence-electron chi connectivity index (χ4n) is 2.18. The fraction of sp³-hybridized carbons (Fsp3) is 0.357. The highest BCUT2D eigenvalue weighted by molar-refractivity contribution is 5.64. The lowest BCUT2D eigenvalue weighted by Gasteiger charge is -2.18. The average Bonchev–Trinajstić information content (AvgIpc) is 2.80. The molecule has 0 atom stereocenters. The van der Waals surface area contributed by atoms with Gasteiger partial charge in [0.05, 0.1) is 12.3 Å². The van der Waals surface area contributed by atoms with Gasteiger partial charge in [-0.15, -0.1) is 0 Å². The highest BCUT2D eigenvalue weighted by Crippen LogP contribution is 2.34. The number of hydrogen-bond donors (Lipinski definition) is 1. The van der Waals surface area contributed by atoms with Crippen molar-refractivity contribution >= 4 is 0 Å². The minimum absolute atomic E-state index is 0.103. The predicted octanol–water partition coefficient (Wildman–Crippen LogP) is 1.39. The number of imidazole rings is 1. The number of aliphatic hydroxyl groups is 1. The van der Waals surface area contributed by atoms with Gasteiger partial charge in [-0.1, -0.05) is 0 Å². The van der Waals surface area contributed by atoms with Gasteiger partial charge in [-0.05, 0) is 18.2 Å². The van der Waals surface area contributed by atoms with Crippen LogP contribution >= 0.6 is 0 Å². The monoisotopic (exact) mass is 260 g/mol. The van der Waals surface area contributed by atoms with Gasteiger partial charge in [0.25, 0.3) is 0 Å². The zero-order valence-electron chi connectivity index (χ0n) is 10.8. The Morgan fingerprint density at radius 2 is 2.05 bits per heavy atom. The minimum atomic E-state index is 0.103. The molecule has 0 amide bonds. The van der Waals surface area contributed by atoms with Crippen LogP contribution in [0.3, 0.4) is 0 Å². The van der Waals surface area contributed by atoms with E-state index < -0.39 is 0 Å². The number of fused-ring (bicyclic) bond motifs is 1. The van der Waals surface area contributed by atoms with Crippen LogP contribution in [0.25, 0.3) is 11.3 Å². The van der Waals surface area contributed by atoms with Crippen LogP contribution < -0.4 is 9.47 Å². The van der Waals surface area contributed by atoms with Crippen LogP contribution in [0.5, 0.6) is 11.5 Å². The molecule has 3 rings (SSSR count). The Bertz CT molecular complexity index is 592. The lowest BCUT2D eigenvalue weighted by molar-refractivity contribution is 0.171. The van der Waals surface area contributed by atoms with Crippen LogP contribution in [-0.2, 0) is 13.5 Å². The second-order valence-electron chi connectivity index (χ2n) is 4.49. The van der Waals surface area contributed by atoms with E-state index in [1.807, 2.05) is 36.0 Å². The summed E-state index contributed by atoms with van der Waals surface area (Å²) in [4.78, 5) is 4.53. The van der Waals surface area contributed by atoms with Gasteiger partial charge in [0.2, 0.25) is 0 Å². The predicted molar refractivity (Wildman–Crippen MR) is 70.4 cm³/mol. The van der Waals surface area contributed by atoms with Crippen molar-refractivity contribution < 1.29 is 14.6 Å². The molecule has 19 heavy (non-hydrogen) atoms. The quantitative estimate of drug-likeness (QED) is 0.906. The van der Waals surface area contributed by atoms with Crippen LogP contribution in [0.15, 0.2) is 24.4 Å². The lowest BCUT2D eigenvalue weighted by Crippen LogP contribution is -2.15. The number of nitrogens with zero attached hydrogens (tertiary/aromatic N) is 2. The molecule has 0 saturated carbocycles. The highest BCUT2D eigenvalue weighted by atomic mass is 16.6. The van der Waals surface area contributed by atoms with Gasteiger partial charge in [0.15, 0.2) is 11.5 Å². The molecule has 1 aliphatic heterocycles. The summed E-state index contributed by atoms with van der Waals surface area (Å²) in [6, 6.07) is 5.82. The van der Waals surface area contributed by atoms with Gasteiger partial charge >= 0.3 is 0 Å². The van der Waals surface area contributed by atoms with E-state index in [-0.39, 0.29) is 6.61 Å². The van der Waals surface area contributed by atoms with E-state index in [1.165, 1.54) is 0 Å². The molecule has 100 valence electrons. The van der Waals surface area contributed by atoms with Crippen LogP contribution in [0.4, 0.5) is 0 Å². The van der Waals surface area contributed by atoms with Crippen molar-refractivity contribution in [3.05, 3.63) is 30.2 Å². The number of benzene rings is 1. The Morgan fingerprint density at radius 1 is 1.26 bits per heavy atom. The van der Waals surface area contributed by atoms with Gasteiger partial charge in [0, 0.05) is 25.2 Å². The van der Waals surface area contributed by atoms with E-state index in [9.17, 15) is 0 Å². The Balaban J connectivity index is 1.95. The molecule has 5 nitrogen and oxygen atoms in total. The Morgan fingerprint density at radius 3 is 2.84 bits per heavy atom. The summed E-state index contributed by atoms with van der Waals surface area (Å²) < 4.78 is 13.0. The van der Waals surface area contributed by atoms with E-state index in [1.54, 1.807) is 0 Å². The number of aryl methyl sites for hydroxylation is 1. The van der Waals surface area contributed by atoms with E-state index >= 15 is 0 Å². The van der Waals surface area contributed by atoms with Crippen LogP contribution in [-0.4, -0.2) is 34.5 Å². The third-order valence-electron chi connectivity index (χ3n) is 3.15. The molecule has 0 fully saturated rings. The van der Waals surface area contributed by atoms with Crippen LogP contribution in [0, 0.1) is 0 Å². The number of aliphatic hydroxyl groups excluding tert-OH is 1. The first-order chi connectivity index (χ1) is 9.28. The largest absolute Gasteiger partial charge is 0.486 e. The molecule has 1 aromatic heterocycles. The zero-order valence-corrected chi connectivity index (χ0v) is 10.8. The summed E-state index contributed by atoms with van der Waals surface area (Å²) in [6.07, 6.45) is 2.51. The molecule has 0 bridgehead atoms. The normalized spacial score (nSPS) is 13.6. The standard InChI is InChI=1S/C14H16N2O3/c1-16-9-11(15-14(16)4-5-17)10-2-3-12-13(8-10)19-7-6-18-12/h2-3,8-9,17H,4-7H2,1H3. The van der Waals surface area contributed by atoms with E-state index in [0.29, 0.717) is 19.6 Å². The third kappa shape index (κ3) is 2.29. The zero-order chi connectivity index (χ0) is 13.2. The molecule has 2 aromatic rings. The van der Waals surface area contributed by atoms with Gasteiger partial charge in [-0.25, -0.2) is 4.98 Å². The van der Waals surface area contributed by atoms with Crippen molar-refractivity contribution in [1.29, 1.82) is 0 Å². The van der Waals surface area contributed by atoms with Crippen molar-refractivity contribution in [1.82, 2.24) is 9.55 Å². The summed E-state index contributed by atoms with van der Waals surface area (Å²) in [7, 11) is 1.93. The smallest absolute Gasteiger partial charge is 0.162 e. The molecule has 1 N–H and O–H groups in total. The molecule has 0 aliphatic carbocycles. The third-order valence-corrected chi connectivity index (χ3v) is 3.15. The molecule has 1 aliphatic rings. The SMILES string of the molecule is Cn1cc(-c2ccc3c(c2)OCCO3)nc1CCO. The average molecular weight is 260 g/mol. The number of rotatable bonds is 3. The number of hydrogen-bond acceptors (Lipinski definition) is 4. The Labute approximate surface area is 111 Å². The Hall–Kier alpha value is -2.01. The topological polar surface area (TPSA) is 56.5 Å². The van der Waals surface area contributed by atoms with Gasteiger partial charge in [-0.2, -0.15) is 0 Å². The van der Waals surface area contributed by atoms with Crippen molar-refractivity contribution in [3.8, 4) is 22.8 Å². The first kappa shape index (κ1) is 12.0. The molecular weight excluding hydrogens is 244 g/mol. The molecule has 2 heterocycles. The summed E-state index contributed by atoms with van der Waals surface area (Å²) >= 11 is 0. The molecule has 0 unspecified atom stereocenters. The summed E-state index contributed by atoms with van der Waals surface area (Å²) in [5.74, 6) is 2.41. The second kappa shape index (κ2) is 4.93. The maximum atomic E-state index is 8.99. The first-order valence-corrected chi connectivity index (χ1v) is 6.31. The maximum absolute atomic E-state index is 8.99. The van der Waals surface area contributed by atoms with Gasteiger partial charge in [0.1, 0.15) is 19.0 Å². The van der Waals surface area contributed by atoms with Gasteiger partial charge in [-0.3, -0.25) is 0 Å². The molecule has 0 spiro atoms. The van der Waals surface area contributed by atoms with Crippen molar-refractivity contribution in [3.63, 3.8) is 0 Å².